The second-order valence-corrected chi connectivity index (χ2v) is 9.16. The SMILES string of the molecule is C[C@H]1CN(CC(N)=O)Cc2cc(C(=O)Nc3ccc(CN4CCOCC4)c(C(F)(F)F)c3)ccc21. The molecule has 3 N–H and O–H groups in total. The van der Waals surface area contributed by atoms with Gasteiger partial charge in [-0.25, -0.2) is 0 Å². The molecule has 188 valence electrons. The molecule has 7 nitrogen and oxygen atoms in total. The molecule has 2 heterocycles. The summed E-state index contributed by atoms with van der Waals surface area (Å²) in [5, 5.41) is 2.60. The van der Waals surface area contributed by atoms with Gasteiger partial charge in [0.05, 0.1) is 25.3 Å². The Morgan fingerprint density at radius 2 is 1.86 bits per heavy atom. The predicted molar refractivity (Wildman–Crippen MR) is 125 cm³/mol. The zero-order chi connectivity index (χ0) is 25.2. The van der Waals surface area contributed by atoms with Crippen LogP contribution in [0.4, 0.5) is 18.9 Å². The summed E-state index contributed by atoms with van der Waals surface area (Å²) in [6.07, 6.45) is -4.55. The van der Waals surface area contributed by atoms with Gasteiger partial charge in [-0.15, -0.1) is 0 Å². The van der Waals surface area contributed by atoms with Gasteiger partial charge in [0.2, 0.25) is 5.91 Å². The van der Waals surface area contributed by atoms with E-state index in [1.165, 1.54) is 12.1 Å². The minimum absolute atomic E-state index is 0.0782. The summed E-state index contributed by atoms with van der Waals surface area (Å²) in [5.41, 5.74) is 7.12. The third kappa shape index (κ3) is 6.19. The van der Waals surface area contributed by atoms with Crippen LogP contribution in [0.5, 0.6) is 0 Å². The Kier molecular flexibility index (Phi) is 7.44. The van der Waals surface area contributed by atoms with E-state index in [9.17, 15) is 22.8 Å². The number of carbonyl (C=O) groups is 2. The van der Waals surface area contributed by atoms with Gasteiger partial charge in [0.1, 0.15) is 0 Å². The van der Waals surface area contributed by atoms with Crippen LogP contribution in [0.15, 0.2) is 36.4 Å². The fraction of sp³-hybridized carbons (Fsp3) is 0.440. The molecule has 0 spiro atoms. The van der Waals surface area contributed by atoms with Crippen molar-refractivity contribution in [2.75, 3.05) is 44.7 Å². The van der Waals surface area contributed by atoms with Gasteiger partial charge in [-0.1, -0.05) is 19.1 Å². The highest BCUT2D eigenvalue weighted by molar-refractivity contribution is 6.04. The smallest absolute Gasteiger partial charge is 0.379 e. The monoisotopic (exact) mass is 490 g/mol. The largest absolute Gasteiger partial charge is 0.416 e. The van der Waals surface area contributed by atoms with E-state index in [0.717, 1.165) is 17.2 Å². The number of anilines is 1. The van der Waals surface area contributed by atoms with Crippen molar-refractivity contribution in [2.24, 2.45) is 5.73 Å². The van der Waals surface area contributed by atoms with Crippen LogP contribution in [0.3, 0.4) is 0 Å². The van der Waals surface area contributed by atoms with Crippen LogP contribution >= 0.6 is 0 Å². The number of hydrogen-bond acceptors (Lipinski definition) is 5. The molecule has 0 aliphatic carbocycles. The molecule has 0 unspecified atom stereocenters. The summed E-state index contributed by atoms with van der Waals surface area (Å²) in [6.45, 7) is 5.60. The van der Waals surface area contributed by atoms with Crippen molar-refractivity contribution in [1.82, 2.24) is 9.80 Å². The van der Waals surface area contributed by atoms with Crippen LogP contribution in [0, 0.1) is 0 Å². The highest BCUT2D eigenvalue weighted by atomic mass is 19.4. The number of benzene rings is 2. The Balaban J connectivity index is 1.52. The Hall–Kier alpha value is -2.95. The summed E-state index contributed by atoms with van der Waals surface area (Å²) in [6, 6.07) is 9.17. The lowest BCUT2D eigenvalue weighted by molar-refractivity contribution is -0.138. The van der Waals surface area contributed by atoms with Crippen molar-refractivity contribution in [2.45, 2.75) is 32.1 Å². The number of nitrogens with two attached hydrogens (primary N) is 1. The molecule has 0 radical (unpaired) electrons. The molecular weight excluding hydrogens is 461 g/mol. The normalized spacial score (nSPS) is 19.3. The Bertz CT molecular complexity index is 1100. The number of nitrogens with one attached hydrogen (secondary N) is 1. The molecule has 1 fully saturated rings. The fourth-order valence-electron chi connectivity index (χ4n) is 4.76. The van der Waals surface area contributed by atoms with Crippen LogP contribution < -0.4 is 11.1 Å². The fourth-order valence-corrected chi connectivity index (χ4v) is 4.76. The van der Waals surface area contributed by atoms with Crippen molar-refractivity contribution in [3.63, 3.8) is 0 Å². The Labute approximate surface area is 202 Å². The summed E-state index contributed by atoms with van der Waals surface area (Å²) in [4.78, 5) is 28.1. The standard InChI is InChI=1S/C25H29F3N4O3/c1-16-12-32(15-23(29)33)14-19-10-17(3-5-21(16)19)24(34)30-20-4-2-18(22(11-20)25(26,27)28)13-31-6-8-35-9-7-31/h2-5,10-11,16H,6-9,12-15H2,1H3,(H2,29,33)(H,30,34)/t16-/m0/s1. The van der Waals surface area contributed by atoms with E-state index >= 15 is 0 Å². The average Bonchev–Trinajstić information content (AvgIpc) is 2.79. The van der Waals surface area contributed by atoms with Gasteiger partial charge in [0.15, 0.2) is 0 Å². The Morgan fingerprint density at radius 1 is 1.11 bits per heavy atom. The van der Waals surface area contributed by atoms with E-state index in [2.05, 4.69) is 5.32 Å². The first-order valence-corrected chi connectivity index (χ1v) is 11.5. The lowest BCUT2D eigenvalue weighted by atomic mass is 9.89. The lowest BCUT2D eigenvalue weighted by Crippen LogP contribution is -2.38. The molecule has 2 aromatic rings. The molecule has 0 aromatic heterocycles. The molecule has 2 aliphatic heterocycles. The third-order valence-electron chi connectivity index (χ3n) is 6.41. The van der Waals surface area contributed by atoms with Crippen molar-refractivity contribution in [3.05, 3.63) is 64.2 Å². The minimum atomic E-state index is -4.55. The number of alkyl halides is 3. The van der Waals surface area contributed by atoms with Gasteiger partial charge >= 0.3 is 6.18 Å². The van der Waals surface area contributed by atoms with E-state index in [1.807, 2.05) is 22.8 Å². The Morgan fingerprint density at radius 3 is 2.54 bits per heavy atom. The number of ether oxygens (including phenoxy) is 1. The predicted octanol–water partition coefficient (Wildman–Crippen LogP) is 3.19. The highest BCUT2D eigenvalue weighted by Gasteiger charge is 2.34. The number of carbonyl (C=O) groups excluding carboxylic acids is 2. The van der Waals surface area contributed by atoms with Gasteiger partial charge in [-0.2, -0.15) is 13.2 Å². The van der Waals surface area contributed by atoms with Crippen LogP contribution in [0.25, 0.3) is 0 Å². The molecule has 1 atom stereocenters. The lowest BCUT2D eigenvalue weighted by Gasteiger charge is -2.32. The quantitative estimate of drug-likeness (QED) is 0.650. The number of primary amides is 1. The van der Waals surface area contributed by atoms with E-state index in [-0.39, 0.29) is 30.3 Å². The number of halogens is 3. The van der Waals surface area contributed by atoms with Gasteiger partial charge in [-0.05, 0) is 46.9 Å². The van der Waals surface area contributed by atoms with E-state index < -0.39 is 23.6 Å². The van der Waals surface area contributed by atoms with Crippen molar-refractivity contribution in [3.8, 4) is 0 Å². The first-order chi connectivity index (χ1) is 16.6. The second kappa shape index (κ2) is 10.3. The van der Waals surface area contributed by atoms with Crippen LogP contribution in [-0.2, 0) is 28.8 Å². The van der Waals surface area contributed by atoms with Crippen molar-refractivity contribution < 1.29 is 27.5 Å². The molecule has 2 aliphatic rings. The zero-order valence-corrected chi connectivity index (χ0v) is 19.5. The number of morpholine rings is 1. The maximum absolute atomic E-state index is 13.8. The molecular formula is C25H29F3N4O3. The number of hydrogen-bond donors (Lipinski definition) is 2. The summed E-state index contributed by atoms with van der Waals surface area (Å²) < 4.78 is 46.7. The summed E-state index contributed by atoms with van der Waals surface area (Å²) in [5.74, 6) is -0.766. The van der Waals surface area contributed by atoms with Gasteiger partial charge in [0, 0.05) is 44.0 Å². The summed E-state index contributed by atoms with van der Waals surface area (Å²) in [7, 11) is 0. The molecule has 0 saturated carbocycles. The maximum atomic E-state index is 13.8. The molecule has 1 saturated heterocycles. The van der Waals surface area contributed by atoms with Crippen molar-refractivity contribution >= 4 is 17.5 Å². The molecule has 4 rings (SSSR count). The van der Waals surface area contributed by atoms with Crippen molar-refractivity contribution in [1.29, 1.82) is 0 Å². The van der Waals surface area contributed by atoms with Crippen LogP contribution in [-0.4, -0.2) is 61.0 Å². The van der Waals surface area contributed by atoms with E-state index in [1.54, 1.807) is 12.1 Å². The first-order valence-electron chi connectivity index (χ1n) is 11.5. The number of fused-ring (bicyclic) bond motifs is 1. The van der Waals surface area contributed by atoms with Gasteiger partial charge in [-0.3, -0.25) is 19.4 Å². The first kappa shape index (κ1) is 25.2. The van der Waals surface area contributed by atoms with E-state index in [0.29, 0.717) is 45.0 Å². The molecule has 0 bridgehead atoms. The minimum Gasteiger partial charge on any atom is -0.379 e. The second-order valence-electron chi connectivity index (χ2n) is 9.16. The van der Waals surface area contributed by atoms with Gasteiger partial charge < -0.3 is 15.8 Å². The van der Waals surface area contributed by atoms with Crippen LogP contribution in [0.2, 0.25) is 0 Å². The zero-order valence-electron chi connectivity index (χ0n) is 19.5. The molecule has 35 heavy (non-hydrogen) atoms. The summed E-state index contributed by atoms with van der Waals surface area (Å²) >= 11 is 0. The van der Waals surface area contributed by atoms with E-state index in [4.69, 9.17) is 10.5 Å². The molecule has 2 amide bonds. The topological polar surface area (TPSA) is 87.9 Å². The third-order valence-corrected chi connectivity index (χ3v) is 6.41. The maximum Gasteiger partial charge on any atom is 0.416 e. The number of amides is 2. The highest BCUT2D eigenvalue weighted by Crippen LogP contribution is 2.35. The number of rotatable bonds is 6. The van der Waals surface area contributed by atoms with Crippen LogP contribution in [0.1, 0.15) is 45.5 Å². The average molecular weight is 491 g/mol. The van der Waals surface area contributed by atoms with Gasteiger partial charge in [0.25, 0.3) is 5.91 Å². The number of nitrogens with zero attached hydrogens (tertiary/aromatic N) is 2. The molecule has 10 heteroatoms. The molecule has 2 aromatic carbocycles.